The molecule has 0 aliphatic carbocycles. The zero-order valence-electron chi connectivity index (χ0n) is 11.2. The summed E-state index contributed by atoms with van der Waals surface area (Å²) < 4.78 is 46.1. The number of aromatic nitrogens is 1. The summed E-state index contributed by atoms with van der Waals surface area (Å²) in [5, 5.41) is 8.94. The summed E-state index contributed by atoms with van der Waals surface area (Å²) in [6.45, 7) is 0. The number of aromatic carboxylic acids is 1. The van der Waals surface area contributed by atoms with Gasteiger partial charge >= 0.3 is 12.3 Å². The van der Waals surface area contributed by atoms with Crippen LogP contribution in [0.3, 0.4) is 0 Å². The van der Waals surface area contributed by atoms with Crippen molar-refractivity contribution in [2.24, 2.45) is 0 Å². The summed E-state index contributed by atoms with van der Waals surface area (Å²) in [6.07, 6.45) is -3.54. The fourth-order valence-electron chi connectivity index (χ4n) is 1.85. The maximum Gasteiger partial charge on any atom is 0.573 e. The van der Waals surface area contributed by atoms with Crippen LogP contribution in [-0.2, 0) is 0 Å². The molecule has 1 aromatic heterocycles. The van der Waals surface area contributed by atoms with E-state index in [1.165, 1.54) is 19.4 Å². The van der Waals surface area contributed by atoms with Gasteiger partial charge in [-0.05, 0) is 29.8 Å². The van der Waals surface area contributed by atoms with Crippen molar-refractivity contribution in [2.75, 3.05) is 7.11 Å². The first kappa shape index (κ1) is 15.6. The monoisotopic (exact) mass is 313 g/mol. The molecule has 0 aliphatic heterocycles. The molecular weight excluding hydrogens is 303 g/mol. The molecule has 2 rings (SSSR count). The van der Waals surface area contributed by atoms with Gasteiger partial charge in [0.15, 0.2) is 0 Å². The molecule has 0 spiro atoms. The number of methoxy groups -OCH3 is 1. The van der Waals surface area contributed by atoms with Crippen LogP contribution in [0, 0.1) is 0 Å². The van der Waals surface area contributed by atoms with Gasteiger partial charge in [-0.25, -0.2) is 9.78 Å². The van der Waals surface area contributed by atoms with Crippen molar-refractivity contribution in [2.45, 2.75) is 6.36 Å². The van der Waals surface area contributed by atoms with E-state index in [-0.39, 0.29) is 11.4 Å². The van der Waals surface area contributed by atoms with Crippen molar-refractivity contribution in [3.63, 3.8) is 0 Å². The van der Waals surface area contributed by atoms with Crippen molar-refractivity contribution in [3.8, 4) is 22.8 Å². The fraction of sp³-hybridized carbons (Fsp3) is 0.143. The number of benzene rings is 1. The normalized spacial score (nSPS) is 11.1. The lowest BCUT2D eigenvalue weighted by Gasteiger charge is -2.13. The molecule has 1 N–H and O–H groups in total. The maximum atomic E-state index is 12.4. The van der Waals surface area contributed by atoms with E-state index in [0.29, 0.717) is 5.56 Å². The quantitative estimate of drug-likeness (QED) is 0.937. The summed E-state index contributed by atoms with van der Waals surface area (Å²) in [6, 6.07) is 6.53. The van der Waals surface area contributed by atoms with Crippen molar-refractivity contribution < 1.29 is 32.5 Å². The second-order valence-corrected chi connectivity index (χ2v) is 4.12. The number of rotatable bonds is 4. The van der Waals surface area contributed by atoms with Crippen molar-refractivity contribution >= 4 is 5.97 Å². The molecule has 0 unspecified atom stereocenters. The van der Waals surface area contributed by atoms with Crippen molar-refractivity contribution in [1.29, 1.82) is 0 Å². The molecule has 0 bridgehead atoms. The number of pyridine rings is 1. The van der Waals surface area contributed by atoms with Gasteiger partial charge in [-0.3, -0.25) is 0 Å². The topological polar surface area (TPSA) is 68.7 Å². The van der Waals surface area contributed by atoms with Crippen molar-refractivity contribution in [3.05, 3.63) is 42.1 Å². The molecule has 0 amide bonds. The Hall–Kier alpha value is -2.77. The van der Waals surface area contributed by atoms with Crippen LogP contribution in [0.15, 0.2) is 36.5 Å². The van der Waals surface area contributed by atoms with Gasteiger partial charge in [0.25, 0.3) is 0 Å². The standard InChI is InChI=1S/C14H10F3NO4/c1-21-12-9(3-2-6-18-12)8-4-5-10(13(19)20)11(7-8)22-14(15,16)17/h2-7H,1H3,(H,19,20). The van der Waals surface area contributed by atoms with E-state index in [0.717, 1.165) is 12.1 Å². The van der Waals surface area contributed by atoms with E-state index in [2.05, 4.69) is 9.72 Å². The fourth-order valence-corrected chi connectivity index (χ4v) is 1.85. The first-order valence-electron chi connectivity index (χ1n) is 5.94. The molecule has 1 aromatic carbocycles. The molecule has 1 heterocycles. The number of nitrogens with zero attached hydrogens (tertiary/aromatic N) is 1. The highest BCUT2D eigenvalue weighted by molar-refractivity contribution is 5.92. The van der Waals surface area contributed by atoms with E-state index in [4.69, 9.17) is 9.84 Å². The number of ether oxygens (including phenoxy) is 2. The number of halogens is 3. The molecule has 22 heavy (non-hydrogen) atoms. The van der Waals surface area contributed by atoms with Gasteiger partial charge in [-0.15, -0.1) is 13.2 Å². The largest absolute Gasteiger partial charge is 0.573 e. The Bertz CT molecular complexity index is 701. The van der Waals surface area contributed by atoms with Crippen LogP contribution in [0.5, 0.6) is 11.6 Å². The van der Waals surface area contributed by atoms with Crippen LogP contribution in [0.4, 0.5) is 13.2 Å². The van der Waals surface area contributed by atoms with Gasteiger partial charge in [0, 0.05) is 11.8 Å². The highest BCUT2D eigenvalue weighted by Gasteiger charge is 2.33. The summed E-state index contributed by atoms with van der Waals surface area (Å²) in [5.74, 6) is -2.13. The molecule has 0 fully saturated rings. The third kappa shape index (κ3) is 3.46. The number of carboxylic acid groups (broad SMARTS) is 1. The van der Waals surface area contributed by atoms with Crippen LogP contribution >= 0.6 is 0 Å². The molecule has 8 heteroatoms. The van der Waals surface area contributed by atoms with Crippen LogP contribution in [0.25, 0.3) is 11.1 Å². The molecule has 0 aliphatic rings. The van der Waals surface area contributed by atoms with Gasteiger partial charge in [0.05, 0.1) is 7.11 Å². The summed E-state index contributed by atoms with van der Waals surface area (Å²) >= 11 is 0. The third-order valence-electron chi connectivity index (χ3n) is 2.71. The molecule has 0 radical (unpaired) electrons. The average Bonchev–Trinajstić information content (AvgIpc) is 2.45. The minimum absolute atomic E-state index is 0.198. The van der Waals surface area contributed by atoms with E-state index in [1.807, 2.05) is 0 Å². The summed E-state index contributed by atoms with van der Waals surface area (Å²) in [5.41, 5.74) is 0.104. The number of alkyl halides is 3. The van der Waals surface area contributed by atoms with E-state index in [1.54, 1.807) is 12.1 Å². The zero-order chi connectivity index (χ0) is 16.3. The van der Waals surface area contributed by atoms with Crippen molar-refractivity contribution in [1.82, 2.24) is 4.98 Å². The van der Waals surface area contributed by atoms with E-state index in [9.17, 15) is 18.0 Å². The number of carboxylic acids is 1. The van der Waals surface area contributed by atoms with E-state index < -0.39 is 23.6 Å². The van der Waals surface area contributed by atoms with E-state index >= 15 is 0 Å². The lowest BCUT2D eigenvalue weighted by atomic mass is 10.0. The van der Waals surface area contributed by atoms with Crippen LogP contribution in [0.2, 0.25) is 0 Å². The molecule has 5 nitrogen and oxygen atoms in total. The molecule has 116 valence electrons. The SMILES string of the molecule is COc1ncccc1-c1ccc(C(=O)O)c(OC(F)(F)F)c1. The Balaban J connectivity index is 2.55. The summed E-state index contributed by atoms with van der Waals surface area (Å²) in [4.78, 5) is 14.9. The maximum absolute atomic E-state index is 12.4. The lowest BCUT2D eigenvalue weighted by molar-refractivity contribution is -0.274. The highest BCUT2D eigenvalue weighted by Crippen LogP contribution is 2.34. The predicted molar refractivity (Wildman–Crippen MR) is 69.9 cm³/mol. The van der Waals surface area contributed by atoms with Crippen LogP contribution < -0.4 is 9.47 Å². The van der Waals surface area contributed by atoms with Crippen LogP contribution in [0.1, 0.15) is 10.4 Å². The predicted octanol–water partition coefficient (Wildman–Crippen LogP) is 3.35. The molecule has 0 saturated heterocycles. The smallest absolute Gasteiger partial charge is 0.481 e. The Labute approximate surface area is 122 Å². The van der Waals surface area contributed by atoms with Crippen LogP contribution in [-0.4, -0.2) is 29.5 Å². The Kier molecular flexibility index (Phi) is 4.20. The second kappa shape index (κ2) is 5.92. The molecule has 0 saturated carbocycles. The zero-order valence-corrected chi connectivity index (χ0v) is 11.2. The van der Waals surface area contributed by atoms with Gasteiger partial charge in [-0.2, -0.15) is 0 Å². The minimum Gasteiger partial charge on any atom is -0.481 e. The minimum atomic E-state index is -5.00. The number of hydrogen-bond acceptors (Lipinski definition) is 4. The second-order valence-electron chi connectivity index (χ2n) is 4.12. The van der Waals surface area contributed by atoms with Gasteiger partial charge in [0.2, 0.25) is 5.88 Å². The number of hydrogen-bond donors (Lipinski definition) is 1. The first-order valence-corrected chi connectivity index (χ1v) is 5.94. The van der Waals surface area contributed by atoms with Gasteiger partial charge < -0.3 is 14.6 Å². The molecular formula is C14H10F3NO4. The lowest BCUT2D eigenvalue weighted by Crippen LogP contribution is -2.19. The Morgan fingerprint density at radius 3 is 2.59 bits per heavy atom. The average molecular weight is 313 g/mol. The third-order valence-corrected chi connectivity index (χ3v) is 2.71. The van der Waals surface area contributed by atoms with Gasteiger partial charge in [-0.1, -0.05) is 6.07 Å². The number of carbonyl (C=O) groups is 1. The molecule has 0 atom stereocenters. The highest BCUT2D eigenvalue weighted by atomic mass is 19.4. The summed E-state index contributed by atoms with van der Waals surface area (Å²) in [7, 11) is 1.37. The molecule has 2 aromatic rings. The Morgan fingerprint density at radius 1 is 1.27 bits per heavy atom. The Morgan fingerprint density at radius 2 is 2.00 bits per heavy atom. The first-order chi connectivity index (χ1) is 10.3. The van der Waals surface area contributed by atoms with Gasteiger partial charge in [0.1, 0.15) is 11.3 Å².